The van der Waals surface area contributed by atoms with Crippen LogP contribution in [0.15, 0.2) is 12.3 Å². The van der Waals surface area contributed by atoms with E-state index in [9.17, 15) is 4.79 Å². The topological polar surface area (TPSA) is 64.1 Å². The van der Waals surface area contributed by atoms with Crippen molar-refractivity contribution < 1.29 is 9.53 Å². The second-order valence-electron chi connectivity index (χ2n) is 4.88. The van der Waals surface area contributed by atoms with Gasteiger partial charge in [-0.15, -0.1) is 0 Å². The molecule has 0 saturated carbocycles. The zero-order valence-electron chi connectivity index (χ0n) is 11.6. The Labute approximate surface area is 113 Å². The van der Waals surface area contributed by atoms with Crippen LogP contribution in [0.1, 0.15) is 37.7 Å². The third kappa shape index (κ3) is 3.73. The van der Waals surface area contributed by atoms with Crippen molar-refractivity contribution in [1.29, 1.82) is 0 Å². The molecule has 1 aromatic rings. The standard InChI is InChI=1S/C14H21N3O2/c1-3-13-12(5-4-8-19-13)14(18)16-9-11-6-7-15-10(2)17-11/h6-7,12-13H,3-5,8-9H2,1-2H3,(H,16,18)/t12-,13+/m0/s1. The molecule has 0 unspecified atom stereocenters. The fraction of sp³-hybridized carbons (Fsp3) is 0.643. The predicted molar refractivity (Wildman–Crippen MR) is 71.4 cm³/mol. The van der Waals surface area contributed by atoms with Gasteiger partial charge < -0.3 is 10.1 Å². The number of nitrogens with one attached hydrogen (secondary N) is 1. The summed E-state index contributed by atoms with van der Waals surface area (Å²) in [6.45, 7) is 5.12. The molecule has 0 spiro atoms. The maximum atomic E-state index is 12.2. The lowest BCUT2D eigenvalue weighted by Gasteiger charge is -2.30. The van der Waals surface area contributed by atoms with Crippen molar-refractivity contribution in [2.24, 2.45) is 5.92 Å². The molecule has 5 nitrogen and oxygen atoms in total. The first-order valence-corrected chi connectivity index (χ1v) is 6.88. The molecule has 1 N–H and O–H groups in total. The summed E-state index contributed by atoms with van der Waals surface area (Å²) in [6.07, 6.45) is 4.52. The second-order valence-corrected chi connectivity index (χ2v) is 4.88. The number of hydrogen-bond donors (Lipinski definition) is 1. The summed E-state index contributed by atoms with van der Waals surface area (Å²) in [5.41, 5.74) is 0.839. The maximum absolute atomic E-state index is 12.2. The largest absolute Gasteiger partial charge is 0.377 e. The third-order valence-corrected chi connectivity index (χ3v) is 3.46. The van der Waals surface area contributed by atoms with Crippen LogP contribution in [0, 0.1) is 12.8 Å². The SMILES string of the molecule is CC[C@H]1OCCC[C@@H]1C(=O)NCc1ccnc(C)n1. The van der Waals surface area contributed by atoms with Gasteiger partial charge >= 0.3 is 0 Å². The molecule has 19 heavy (non-hydrogen) atoms. The first kappa shape index (κ1) is 13.9. The van der Waals surface area contributed by atoms with Gasteiger partial charge in [-0.1, -0.05) is 6.92 Å². The van der Waals surface area contributed by atoms with Crippen molar-refractivity contribution in [2.75, 3.05) is 6.61 Å². The lowest BCUT2D eigenvalue weighted by atomic mass is 9.92. The molecule has 2 heterocycles. The Kier molecular flexibility index (Phi) is 4.85. The minimum Gasteiger partial charge on any atom is -0.377 e. The predicted octanol–water partition coefficient (Wildman–Crippen LogP) is 1.61. The van der Waals surface area contributed by atoms with Crippen molar-refractivity contribution in [2.45, 2.75) is 45.8 Å². The summed E-state index contributed by atoms with van der Waals surface area (Å²) < 4.78 is 5.65. The number of aryl methyl sites for hydroxylation is 1. The van der Waals surface area contributed by atoms with Gasteiger partial charge in [-0.2, -0.15) is 0 Å². The van der Waals surface area contributed by atoms with Gasteiger partial charge in [0.15, 0.2) is 0 Å². The molecule has 0 aliphatic carbocycles. The minimum atomic E-state index is -0.0262. The van der Waals surface area contributed by atoms with Crippen LogP contribution in [-0.4, -0.2) is 28.6 Å². The zero-order chi connectivity index (χ0) is 13.7. The molecule has 0 bridgehead atoms. The average molecular weight is 263 g/mol. The lowest BCUT2D eigenvalue weighted by molar-refractivity contribution is -0.134. The van der Waals surface area contributed by atoms with Gasteiger partial charge in [0.1, 0.15) is 5.82 Å². The second kappa shape index (κ2) is 6.61. The summed E-state index contributed by atoms with van der Waals surface area (Å²) in [5.74, 6) is 0.767. The highest BCUT2D eigenvalue weighted by molar-refractivity contribution is 5.79. The van der Waals surface area contributed by atoms with Gasteiger partial charge in [0, 0.05) is 12.8 Å². The van der Waals surface area contributed by atoms with Crippen LogP contribution in [0.3, 0.4) is 0 Å². The van der Waals surface area contributed by atoms with E-state index >= 15 is 0 Å². The van der Waals surface area contributed by atoms with Crippen molar-refractivity contribution in [1.82, 2.24) is 15.3 Å². The molecule has 2 rings (SSSR count). The molecule has 1 fully saturated rings. The molecule has 1 amide bonds. The Hall–Kier alpha value is -1.49. The van der Waals surface area contributed by atoms with Crippen molar-refractivity contribution in [3.8, 4) is 0 Å². The van der Waals surface area contributed by atoms with Gasteiger partial charge in [-0.25, -0.2) is 9.97 Å². The van der Waals surface area contributed by atoms with Crippen LogP contribution in [0.25, 0.3) is 0 Å². The Morgan fingerprint density at radius 3 is 3.16 bits per heavy atom. The van der Waals surface area contributed by atoms with E-state index in [1.54, 1.807) is 6.20 Å². The maximum Gasteiger partial charge on any atom is 0.226 e. The number of carbonyl (C=O) groups is 1. The summed E-state index contributed by atoms with van der Waals surface area (Å²) in [4.78, 5) is 20.5. The van der Waals surface area contributed by atoms with Crippen LogP contribution in [-0.2, 0) is 16.1 Å². The van der Waals surface area contributed by atoms with Gasteiger partial charge in [-0.05, 0) is 32.3 Å². The van der Waals surface area contributed by atoms with Crippen LogP contribution in [0.4, 0.5) is 0 Å². The van der Waals surface area contributed by atoms with Crippen LogP contribution in [0.2, 0.25) is 0 Å². The van der Waals surface area contributed by atoms with Crippen LogP contribution in [0.5, 0.6) is 0 Å². The highest BCUT2D eigenvalue weighted by Gasteiger charge is 2.30. The fourth-order valence-corrected chi connectivity index (χ4v) is 2.45. The highest BCUT2D eigenvalue weighted by atomic mass is 16.5. The summed E-state index contributed by atoms with van der Waals surface area (Å²) in [6, 6.07) is 1.82. The van der Waals surface area contributed by atoms with E-state index in [0.29, 0.717) is 6.54 Å². The van der Waals surface area contributed by atoms with E-state index in [4.69, 9.17) is 4.74 Å². The molecule has 1 aliphatic heterocycles. The summed E-state index contributed by atoms with van der Waals surface area (Å²) >= 11 is 0. The highest BCUT2D eigenvalue weighted by Crippen LogP contribution is 2.23. The van der Waals surface area contributed by atoms with Crippen LogP contribution < -0.4 is 5.32 Å². The third-order valence-electron chi connectivity index (χ3n) is 3.46. The molecule has 2 atom stereocenters. The summed E-state index contributed by atoms with van der Waals surface area (Å²) in [7, 11) is 0. The first-order chi connectivity index (χ1) is 9.20. The number of ether oxygens (including phenoxy) is 1. The summed E-state index contributed by atoms with van der Waals surface area (Å²) in [5, 5.41) is 2.95. The van der Waals surface area contributed by atoms with E-state index in [1.165, 1.54) is 0 Å². The smallest absolute Gasteiger partial charge is 0.226 e. The van der Waals surface area contributed by atoms with Gasteiger partial charge in [0.05, 0.1) is 24.3 Å². The van der Waals surface area contributed by atoms with Gasteiger partial charge in [0.2, 0.25) is 5.91 Å². The monoisotopic (exact) mass is 263 g/mol. The van der Waals surface area contributed by atoms with E-state index < -0.39 is 0 Å². The molecule has 0 radical (unpaired) electrons. The van der Waals surface area contributed by atoms with Crippen molar-refractivity contribution in [3.05, 3.63) is 23.8 Å². The Balaban J connectivity index is 1.89. The Morgan fingerprint density at radius 1 is 1.58 bits per heavy atom. The quantitative estimate of drug-likeness (QED) is 0.896. The van der Waals surface area contributed by atoms with E-state index in [-0.39, 0.29) is 17.9 Å². The number of nitrogens with zero attached hydrogens (tertiary/aromatic N) is 2. The molecule has 1 saturated heterocycles. The molecule has 5 heteroatoms. The Morgan fingerprint density at radius 2 is 2.42 bits per heavy atom. The van der Waals surface area contributed by atoms with Crippen molar-refractivity contribution >= 4 is 5.91 Å². The molecular formula is C14H21N3O2. The number of hydrogen-bond acceptors (Lipinski definition) is 4. The van der Waals surface area contributed by atoms with E-state index in [0.717, 1.165) is 37.4 Å². The first-order valence-electron chi connectivity index (χ1n) is 6.88. The van der Waals surface area contributed by atoms with E-state index in [2.05, 4.69) is 22.2 Å². The van der Waals surface area contributed by atoms with Gasteiger partial charge in [0.25, 0.3) is 0 Å². The lowest BCUT2D eigenvalue weighted by Crippen LogP contribution is -2.41. The molecule has 104 valence electrons. The van der Waals surface area contributed by atoms with Crippen LogP contribution >= 0.6 is 0 Å². The van der Waals surface area contributed by atoms with Crippen molar-refractivity contribution in [3.63, 3.8) is 0 Å². The Bertz CT molecular complexity index is 436. The molecule has 1 aromatic heterocycles. The zero-order valence-corrected chi connectivity index (χ0v) is 11.6. The van der Waals surface area contributed by atoms with E-state index in [1.807, 2.05) is 13.0 Å². The van der Waals surface area contributed by atoms with Gasteiger partial charge in [-0.3, -0.25) is 4.79 Å². The fourth-order valence-electron chi connectivity index (χ4n) is 2.45. The molecule has 0 aromatic carbocycles. The number of amides is 1. The molecular weight excluding hydrogens is 242 g/mol. The number of aromatic nitrogens is 2. The minimum absolute atomic E-state index is 0.0262. The number of carbonyl (C=O) groups excluding carboxylic acids is 1. The average Bonchev–Trinajstić information content (AvgIpc) is 2.45. The number of rotatable bonds is 4. The molecule has 1 aliphatic rings. The normalized spacial score (nSPS) is 23.1.